The van der Waals surface area contributed by atoms with Crippen LogP contribution in [0, 0.1) is 11.3 Å². The summed E-state index contributed by atoms with van der Waals surface area (Å²) in [7, 11) is 0. The van der Waals surface area contributed by atoms with Crippen molar-refractivity contribution in [3.8, 4) is 6.07 Å². The average molecular weight is 410 g/mol. The van der Waals surface area contributed by atoms with Gasteiger partial charge in [-0.3, -0.25) is 4.79 Å². The monoisotopic (exact) mass is 409 g/mol. The minimum atomic E-state index is -0.124. The first-order valence-electron chi connectivity index (χ1n) is 8.77. The lowest BCUT2D eigenvalue weighted by molar-refractivity contribution is -0.115. The van der Waals surface area contributed by atoms with E-state index >= 15 is 0 Å². The Hall–Kier alpha value is -2.89. The number of hydrogen-bond acceptors (Lipinski definition) is 7. The van der Waals surface area contributed by atoms with Gasteiger partial charge in [-0.15, -0.1) is 10.2 Å². The van der Waals surface area contributed by atoms with Crippen LogP contribution in [0.4, 0.5) is 10.8 Å². The molecule has 1 heterocycles. The van der Waals surface area contributed by atoms with Crippen LogP contribution in [0.3, 0.4) is 0 Å². The molecule has 3 rings (SSSR count). The third-order valence-corrected chi connectivity index (χ3v) is 5.83. The standard InChI is InChI=1S/C20H19N5OS2/c21-14-16-8-4-5-9-17(16)23-18(26)11-13-27-20-25-24-19(28-20)22-12-10-15-6-2-1-3-7-15/h1-9H,10-13H2,(H,22,24)(H,23,26). The predicted octanol–water partition coefficient (Wildman–Crippen LogP) is 4.19. The van der Waals surface area contributed by atoms with Crippen molar-refractivity contribution in [1.29, 1.82) is 5.26 Å². The van der Waals surface area contributed by atoms with Crippen LogP contribution in [-0.2, 0) is 11.2 Å². The lowest BCUT2D eigenvalue weighted by Crippen LogP contribution is -2.13. The number of carbonyl (C=O) groups is 1. The minimum absolute atomic E-state index is 0.124. The van der Waals surface area contributed by atoms with Crippen molar-refractivity contribution >= 4 is 39.8 Å². The number of carbonyl (C=O) groups excluding carboxylic acids is 1. The lowest BCUT2D eigenvalue weighted by atomic mass is 10.2. The van der Waals surface area contributed by atoms with Crippen molar-refractivity contribution in [2.75, 3.05) is 22.9 Å². The van der Waals surface area contributed by atoms with Gasteiger partial charge < -0.3 is 10.6 Å². The van der Waals surface area contributed by atoms with Gasteiger partial charge in [0.05, 0.1) is 11.3 Å². The summed E-state index contributed by atoms with van der Waals surface area (Å²) in [6.07, 6.45) is 1.26. The van der Waals surface area contributed by atoms with E-state index in [1.54, 1.807) is 24.3 Å². The molecule has 142 valence electrons. The summed E-state index contributed by atoms with van der Waals surface area (Å²) in [5.74, 6) is 0.472. The van der Waals surface area contributed by atoms with Crippen LogP contribution < -0.4 is 10.6 Å². The number of nitrogens with one attached hydrogen (secondary N) is 2. The maximum absolute atomic E-state index is 12.1. The van der Waals surface area contributed by atoms with Gasteiger partial charge in [-0.1, -0.05) is 65.6 Å². The molecule has 0 saturated heterocycles. The van der Waals surface area contributed by atoms with Gasteiger partial charge in [0.15, 0.2) is 4.34 Å². The molecule has 0 aliphatic rings. The molecule has 28 heavy (non-hydrogen) atoms. The van der Waals surface area contributed by atoms with Crippen LogP contribution >= 0.6 is 23.1 Å². The summed E-state index contributed by atoms with van der Waals surface area (Å²) in [6, 6.07) is 19.3. The fourth-order valence-corrected chi connectivity index (χ4v) is 4.22. The number of amides is 1. The van der Waals surface area contributed by atoms with Crippen LogP contribution in [0.1, 0.15) is 17.5 Å². The van der Waals surface area contributed by atoms with Gasteiger partial charge in [0, 0.05) is 18.7 Å². The molecule has 0 atom stereocenters. The molecule has 0 spiro atoms. The Morgan fingerprint density at radius 1 is 1.11 bits per heavy atom. The molecule has 1 aromatic heterocycles. The van der Waals surface area contributed by atoms with Gasteiger partial charge in [0.1, 0.15) is 6.07 Å². The molecule has 6 nitrogen and oxygen atoms in total. The van der Waals surface area contributed by atoms with E-state index in [-0.39, 0.29) is 5.91 Å². The number of benzene rings is 2. The van der Waals surface area contributed by atoms with Gasteiger partial charge in [0.2, 0.25) is 11.0 Å². The fraction of sp³-hybridized carbons (Fsp3) is 0.200. The predicted molar refractivity (Wildman–Crippen MR) is 114 cm³/mol. The van der Waals surface area contributed by atoms with Crippen LogP contribution in [0.2, 0.25) is 0 Å². The number of nitriles is 1. The lowest BCUT2D eigenvalue weighted by Gasteiger charge is -2.05. The zero-order valence-electron chi connectivity index (χ0n) is 15.1. The highest BCUT2D eigenvalue weighted by atomic mass is 32.2. The summed E-state index contributed by atoms with van der Waals surface area (Å²) < 4.78 is 0.826. The molecule has 0 radical (unpaired) electrons. The SMILES string of the molecule is N#Cc1ccccc1NC(=O)CCSc1nnc(NCCc2ccccc2)s1. The molecule has 0 fully saturated rings. The number of aromatic nitrogens is 2. The van der Waals surface area contributed by atoms with Crippen molar-refractivity contribution in [2.45, 2.75) is 17.2 Å². The fourth-order valence-electron chi connectivity index (χ4n) is 2.43. The van der Waals surface area contributed by atoms with Crippen LogP contribution in [0.5, 0.6) is 0 Å². The Balaban J connectivity index is 1.38. The second kappa shape index (κ2) is 10.4. The first kappa shape index (κ1) is 19.9. The second-order valence-corrected chi connectivity index (χ2v) is 8.16. The summed E-state index contributed by atoms with van der Waals surface area (Å²) in [5, 5.41) is 24.2. The highest BCUT2D eigenvalue weighted by molar-refractivity contribution is 8.01. The smallest absolute Gasteiger partial charge is 0.225 e. The highest BCUT2D eigenvalue weighted by Crippen LogP contribution is 2.26. The maximum Gasteiger partial charge on any atom is 0.225 e. The zero-order valence-corrected chi connectivity index (χ0v) is 16.7. The summed E-state index contributed by atoms with van der Waals surface area (Å²) in [6.45, 7) is 0.796. The van der Waals surface area contributed by atoms with E-state index in [4.69, 9.17) is 5.26 Å². The molecular formula is C20H19N5OS2. The molecule has 3 aromatic rings. The van der Waals surface area contributed by atoms with Gasteiger partial charge >= 0.3 is 0 Å². The van der Waals surface area contributed by atoms with E-state index in [0.717, 1.165) is 22.4 Å². The molecule has 0 aliphatic heterocycles. The van der Waals surface area contributed by atoms with E-state index in [9.17, 15) is 4.79 Å². The largest absolute Gasteiger partial charge is 0.360 e. The zero-order chi connectivity index (χ0) is 19.6. The molecule has 2 aromatic carbocycles. The number of rotatable bonds is 9. The molecule has 0 bridgehead atoms. The third kappa shape index (κ3) is 6.08. The minimum Gasteiger partial charge on any atom is -0.360 e. The number of thioether (sulfide) groups is 1. The van der Waals surface area contributed by atoms with Crippen molar-refractivity contribution in [3.05, 3.63) is 65.7 Å². The average Bonchev–Trinajstić information content (AvgIpc) is 3.17. The van der Waals surface area contributed by atoms with Gasteiger partial charge in [0.25, 0.3) is 0 Å². The second-order valence-electron chi connectivity index (χ2n) is 5.84. The number of para-hydroxylation sites is 1. The van der Waals surface area contributed by atoms with E-state index in [1.165, 1.54) is 28.7 Å². The first-order chi connectivity index (χ1) is 13.7. The van der Waals surface area contributed by atoms with Crippen LogP contribution in [0.15, 0.2) is 58.9 Å². The Morgan fingerprint density at radius 3 is 2.71 bits per heavy atom. The quantitative estimate of drug-likeness (QED) is 0.515. The topological polar surface area (TPSA) is 90.7 Å². The molecular weight excluding hydrogens is 390 g/mol. The number of hydrogen-bond donors (Lipinski definition) is 2. The van der Waals surface area contributed by atoms with Crippen molar-refractivity contribution in [3.63, 3.8) is 0 Å². The van der Waals surface area contributed by atoms with E-state index < -0.39 is 0 Å². The summed E-state index contributed by atoms with van der Waals surface area (Å²) in [4.78, 5) is 12.1. The van der Waals surface area contributed by atoms with E-state index in [0.29, 0.717) is 23.4 Å². The van der Waals surface area contributed by atoms with E-state index in [1.807, 2.05) is 18.2 Å². The molecule has 2 N–H and O–H groups in total. The molecule has 0 aliphatic carbocycles. The first-order valence-corrected chi connectivity index (χ1v) is 10.6. The van der Waals surface area contributed by atoms with Crippen molar-refractivity contribution < 1.29 is 4.79 Å². The number of anilines is 2. The Morgan fingerprint density at radius 2 is 1.89 bits per heavy atom. The Kier molecular flexibility index (Phi) is 7.41. The highest BCUT2D eigenvalue weighted by Gasteiger charge is 2.09. The summed E-state index contributed by atoms with van der Waals surface area (Å²) in [5.41, 5.74) is 2.28. The van der Waals surface area contributed by atoms with Gasteiger partial charge in [-0.05, 0) is 24.1 Å². The van der Waals surface area contributed by atoms with Gasteiger partial charge in [-0.2, -0.15) is 5.26 Å². The molecule has 0 unspecified atom stereocenters. The Bertz CT molecular complexity index is 952. The normalized spacial score (nSPS) is 10.2. The van der Waals surface area contributed by atoms with Gasteiger partial charge in [-0.25, -0.2) is 0 Å². The van der Waals surface area contributed by atoms with E-state index in [2.05, 4.69) is 39.0 Å². The molecule has 8 heteroatoms. The Labute approximate surface area is 172 Å². The number of nitrogens with zero attached hydrogens (tertiary/aromatic N) is 3. The summed E-state index contributed by atoms with van der Waals surface area (Å²) >= 11 is 2.98. The third-order valence-electron chi connectivity index (χ3n) is 3.82. The van der Waals surface area contributed by atoms with Crippen molar-refractivity contribution in [1.82, 2.24) is 10.2 Å². The van der Waals surface area contributed by atoms with Crippen LogP contribution in [-0.4, -0.2) is 28.4 Å². The molecule has 0 saturated carbocycles. The van der Waals surface area contributed by atoms with Crippen LogP contribution in [0.25, 0.3) is 0 Å². The molecule has 1 amide bonds. The maximum atomic E-state index is 12.1. The van der Waals surface area contributed by atoms with Crippen molar-refractivity contribution in [2.24, 2.45) is 0 Å².